The molecule has 1 heterocycles. The monoisotopic (exact) mass is 617 g/mol. The van der Waals surface area contributed by atoms with E-state index in [1.54, 1.807) is 68.8 Å². The lowest BCUT2D eigenvalue weighted by Crippen LogP contribution is -2.52. The predicted molar refractivity (Wildman–Crippen MR) is 168 cm³/mol. The number of methoxy groups -OCH3 is 4. The van der Waals surface area contributed by atoms with E-state index in [-0.39, 0.29) is 30.4 Å². The van der Waals surface area contributed by atoms with Gasteiger partial charge in [-0.2, -0.15) is 5.10 Å². The van der Waals surface area contributed by atoms with E-state index in [0.717, 1.165) is 0 Å². The van der Waals surface area contributed by atoms with Crippen molar-refractivity contribution in [1.82, 2.24) is 15.1 Å². The van der Waals surface area contributed by atoms with E-state index >= 15 is 0 Å². The predicted octanol–water partition coefficient (Wildman–Crippen LogP) is 4.19. The minimum atomic E-state index is -1.89. The molecule has 0 bridgehead atoms. The van der Waals surface area contributed by atoms with Crippen LogP contribution in [0.15, 0.2) is 67.0 Å². The van der Waals surface area contributed by atoms with Crippen molar-refractivity contribution in [3.63, 3.8) is 0 Å². The molecule has 2 N–H and O–H groups in total. The third-order valence-corrected chi connectivity index (χ3v) is 8.17. The Labute approximate surface area is 262 Å². The summed E-state index contributed by atoms with van der Waals surface area (Å²) >= 11 is 0. The highest BCUT2D eigenvalue weighted by Gasteiger charge is 2.46. The molecule has 0 unspecified atom stereocenters. The molecule has 11 nitrogen and oxygen atoms in total. The van der Waals surface area contributed by atoms with Crippen LogP contribution in [0.2, 0.25) is 0 Å². The van der Waals surface area contributed by atoms with E-state index in [0.29, 0.717) is 47.0 Å². The van der Waals surface area contributed by atoms with Crippen LogP contribution in [0.1, 0.15) is 43.7 Å². The Kier molecular flexibility index (Phi) is 10.5. The number of allylic oxidation sites excluding steroid dienone is 2. The van der Waals surface area contributed by atoms with E-state index < -0.39 is 17.0 Å². The summed E-state index contributed by atoms with van der Waals surface area (Å²) < 4.78 is 22.5. The second-order valence-electron chi connectivity index (χ2n) is 10.9. The molecule has 0 radical (unpaired) electrons. The summed E-state index contributed by atoms with van der Waals surface area (Å²) in [6.45, 7) is 1.35. The molecular formula is C34H39N3O8. The van der Waals surface area contributed by atoms with Crippen LogP contribution in [-0.2, 0) is 20.1 Å². The summed E-state index contributed by atoms with van der Waals surface area (Å²) in [7, 11) is 6.14. The third kappa shape index (κ3) is 7.26. The van der Waals surface area contributed by atoms with Gasteiger partial charge in [0.15, 0.2) is 34.6 Å². The van der Waals surface area contributed by atoms with Crippen molar-refractivity contribution in [2.24, 2.45) is 5.41 Å². The summed E-state index contributed by atoms with van der Waals surface area (Å²) in [4.78, 5) is 40.7. The smallest absolute Gasteiger partial charge is 0.275 e. The average Bonchev–Trinajstić information content (AvgIpc) is 3.62. The minimum Gasteiger partial charge on any atom is -0.493 e. The summed E-state index contributed by atoms with van der Waals surface area (Å²) in [6.07, 6.45) is 10.2. The van der Waals surface area contributed by atoms with Gasteiger partial charge in [-0.3, -0.25) is 14.4 Å². The van der Waals surface area contributed by atoms with Gasteiger partial charge >= 0.3 is 0 Å². The molecule has 1 aliphatic carbocycles. The standard InChI is InChI=1S/C34H39N3O8/c1-33(41,37-20-6-19-35-37)32(40)36-25-15-17-34(18-16-25,30(38)13-9-23-7-11-26(42-2)28(21-23)44-4)31(39)14-10-24-8-12-27(43-3)29(22-24)45-5/h6-14,19-22,25,41H,15-18H2,1-5H3,(H,36,40)/b13-9+,14-10+/t33-/m0/s1. The number of aliphatic hydroxyl groups is 1. The molecule has 45 heavy (non-hydrogen) atoms. The largest absolute Gasteiger partial charge is 0.493 e. The zero-order valence-electron chi connectivity index (χ0n) is 26.1. The fourth-order valence-electron chi connectivity index (χ4n) is 5.40. The van der Waals surface area contributed by atoms with Crippen molar-refractivity contribution in [2.75, 3.05) is 28.4 Å². The van der Waals surface area contributed by atoms with Crippen molar-refractivity contribution in [3.8, 4) is 23.0 Å². The maximum atomic E-state index is 13.9. The number of nitrogens with zero attached hydrogens (tertiary/aromatic N) is 2. The normalized spacial score (nSPS) is 16.2. The lowest BCUT2D eigenvalue weighted by molar-refractivity contribution is -0.151. The topological polar surface area (TPSA) is 138 Å². The number of carbonyl (C=O) groups excluding carboxylic acids is 3. The summed E-state index contributed by atoms with van der Waals surface area (Å²) in [5, 5.41) is 17.6. The number of benzene rings is 2. The Morgan fingerprint density at radius 3 is 1.78 bits per heavy atom. The first-order valence-corrected chi connectivity index (χ1v) is 14.5. The van der Waals surface area contributed by atoms with Crippen LogP contribution in [0, 0.1) is 5.41 Å². The van der Waals surface area contributed by atoms with E-state index in [1.165, 1.54) is 50.4 Å². The molecule has 2 aromatic carbocycles. The second kappa shape index (κ2) is 14.3. The number of rotatable bonds is 13. The first-order chi connectivity index (χ1) is 21.6. The van der Waals surface area contributed by atoms with Gasteiger partial charge in [-0.15, -0.1) is 0 Å². The number of carbonyl (C=O) groups is 3. The maximum Gasteiger partial charge on any atom is 0.275 e. The number of hydrogen-bond acceptors (Lipinski definition) is 9. The van der Waals surface area contributed by atoms with Gasteiger partial charge in [0.05, 0.1) is 33.9 Å². The lowest BCUT2D eigenvalue weighted by Gasteiger charge is -2.37. The third-order valence-electron chi connectivity index (χ3n) is 8.17. The highest BCUT2D eigenvalue weighted by molar-refractivity contribution is 6.17. The van der Waals surface area contributed by atoms with Gasteiger partial charge in [0.25, 0.3) is 5.91 Å². The molecule has 0 aliphatic heterocycles. The van der Waals surface area contributed by atoms with Gasteiger partial charge < -0.3 is 29.4 Å². The molecular weight excluding hydrogens is 578 g/mol. The van der Waals surface area contributed by atoms with Gasteiger partial charge in [-0.05, 0) is 86.2 Å². The summed E-state index contributed by atoms with van der Waals surface area (Å²) in [6, 6.07) is 11.8. The van der Waals surface area contributed by atoms with Crippen LogP contribution in [0.5, 0.6) is 23.0 Å². The lowest BCUT2D eigenvalue weighted by atomic mass is 9.66. The number of amides is 1. The van der Waals surface area contributed by atoms with Gasteiger partial charge in [-0.25, -0.2) is 4.68 Å². The molecule has 1 fully saturated rings. The van der Waals surface area contributed by atoms with Crippen LogP contribution in [0.25, 0.3) is 12.2 Å². The van der Waals surface area contributed by atoms with Crippen molar-refractivity contribution in [1.29, 1.82) is 0 Å². The van der Waals surface area contributed by atoms with Crippen LogP contribution >= 0.6 is 0 Å². The fourth-order valence-corrected chi connectivity index (χ4v) is 5.40. The Morgan fingerprint density at radius 1 is 0.867 bits per heavy atom. The Bertz CT molecular complexity index is 1490. The molecule has 0 spiro atoms. The number of hydrogen-bond donors (Lipinski definition) is 2. The SMILES string of the molecule is COc1ccc(/C=C/C(=O)C2(C(=O)/C=C/c3ccc(OC)c(OC)c3)CCC(NC(=O)[C@](C)(O)n3cccn3)CC2)cc1OC. The molecule has 1 atom stereocenters. The molecule has 0 saturated heterocycles. The molecule has 238 valence electrons. The van der Waals surface area contributed by atoms with Crippen LogP contribution in [0.3, 0.4) is 0 Å². The molecule has 4 rings (SSSR count). The van der Waals surface area contributed by atoms with Crippen molar-refractivity contribution in [2.45, 2.75) is 44.4 Å². The number of aromatic nitrogens is 2. The Morgan fingerprint density at radius 2 is 1.36 bits per heavy atom. The minimum absolute atomic E-state index is 0.200. The van der Waals surface area contributed by atoms with E-state index in [1.807, 2.05) is 0 Å². The first kappa shape index (κ1) is 33.0. The summed E-state index contributed by atoms with van der Waals surface area (Å²) in [5.41, 5.74) is -1.84. The molecule has 1 amide bonds. The first-order valence-electron chi connectivity index (χ1n) is 14.5. The van der Waals surface area contributed by atoms with Gasteiger partial charge in [0.1, 0.15) is 0 Å². The van der Waals surface area contributed by atoms with Crippen molar-refractivity contribution < 1.29 is 38.4 Å². The zero-order valence-corrected chi connectivity index (χ0v) is 26.1. The quantitative estimate of drug-likeness (QED) is 0.214. The van der Waals surface area contributed by atoms with E-state index in [2.05, 4.69) is 10.4 Å². The second-order valence-corrected chi connectivity index (χ2v) is 10.9. The Balaban J connectivity index is 1.57. The highest BCUT2D eigenvalue weighted by atomic mass is 16.5. The average molecular weight is 618 g/mol. The van der Waals surface area contributed by atoms with Crippen molar-refractivity contribution >= 4 is 29.6 Å². The van der Waals surface area contributed by atoms with Crippen LogP contribution < -0.4 is 24.3 Å². The van der Waals surface area contributed by atoms with Gasteiger partial charge in [-0.1, -0.05) is 24.3 Å². The number of ether oxygens (including phenoxy) is 4. The van der Waals surface area contributed by atoms with Crippen LogP contribution in [0.4, 0.5) is 0 Å². The van der Waals surface area contributed by atoms with E-state index in [9.17, 15) is 19.5 Å². The maximum absolute atomic E-state index is 13.9. The highest BCUT2D eigenvalue weighted by Crippen LogP contribution is 2.40. The Hall–Kier alpha value is -4.90. The number of ketones is 2. The molecule has 11 heteroatoms. The fraction of sp³-hybridized carbons (Fsp3) is 0.353. The molecule has 1 aliphatic rings. The number of nitrogens with one attached hydrogen (secondary N) is 1. The van der Waals surface area contributed by atoms with Crippen LogP contribution in [-0.4, -0.2) is 66.8 Å². The van der Waals surface area contributed by atoms with Crippen molar-refractivity contribution in [3.05, 3.63) is 78.1 Å². The van der Waals surface area contributed by atoms with E-state index in [4.69, 9.17) is 18.9 Å². The summed E-state index contributed by atoms with van der Waals surface area (Å²) in [5.74, 6) is 0.832. The molecule has 3 aromatic rings. The zero-order chi connectivity index (χ0) is 32.6. The molecule has 1 aromatic heterocycles. The van der Waals surface area contributed by atoms with Gasteiger partial charge in [0.2, 0.25) is 5.72 Å². The van der Waals surface area contributed by atoms with Gasteiger partial charge in [0, 0.05) is 18.4 Å². The molecule has 1 saturated carbocycles.